The van der Waals surface area contributed by atoms with E-state index in [1.807, 2.05) is 53.6 Å². The van der Waals surface area contributed by atoms with Crippen LogP contribution >= 0.6 is 0 Å². The number of hydrogen-bond acceptors (Lipinski definition) is 3. The van der Waals surface area contributed by atoms with E-state index in [0.29, 0.717) is 37.4 Å². The van der Waals surface area contributed by atoms with Crippen molar-refractivity contribution in [3.63, 3.8) is 0 Å². The Hall–Kier alpha value is -3.41. The number of benzene rings is 2. The summed E-state index contributed by atoms with van der Waals surface area (Å²) in [6, 6.07) is 17.8. The first-order valence-electron chi connectivity index (χ1n) is 10.9. The minimum absolute atomic E-state index is 0.0666. The Morgan fingerprint density at radius 1 is 1.06 bits per heavy atom. The number of nitrogens with zero attached hydrogens (tertiary/aromatic N) is 2. The van der Waals surface area contributed by atoms with E-state index in [9.17, 15) is 9.59 Å². The minimum Gasteiger partial charge on any atom is -0.352 e. The van der Waals surface area contributed by atoms with E-state index in [1.165, 1.54) is 0 Å². The molecule has 0 aliphatic carbocycles. The molecule has 1 fully saturated rings. The molecule has 2 N–H and O–H groups in total. The summed E-state index contributed by atoms with van der Waals surface area (Å²) in [4.78, 5) is 27.1. The molecule has 160 valence electrons. The summed E-state index contributed by atoms with van der Waals surface area (Å²) in [7, 11) is 0. The van der Waals surface area contributed by atoms with E-state index < -0.39 is 0 Å². The molecule has 6 nitrogen and oxygen atoms in total. The summed E-state index contributed by atoms with van der Waals surface area (Å²) in [5.41, 5.74) is 3.93. The lowest BCUT2D eigenvalue weighted by atomic mass is 9.97. The van der Waals surface area contributed by atoms with Crippen molar-refractivity contribution in [1.82, 2.24) is 20.4 Å². The molecule has 0 radical (unpaired) electrons. The number of hydrogen-bond donors (Lipinski definition) is 2. The van der Waals surface area contributed by atoms with Crippen LogP contribution in [-0.2, 0) is 11.2 Å². The van der Waals surface area contributed by atoms with Crippen LogP contribution in [0, 0.1) is 5.92 Å². The molecular weight excluding hydrogens is 388 g/mol. The van der Waals surface area contributed by atoms with Crippen molar-refractivity contribution in [2.75, 3.05) is 19.6 Å². The van der Waals surface area contributed by atoms with Gasteiger partial charge in [-0.3, -0.25) is 14.7 Å². The first-order chi connectivity index (χ1) is 15.2. The summed E-state index contributed by atoms with van der Waals surface area (Å²) in [5.74, 6) is 0.399. The van der Waals surface area contributed by atoms with Crippen LogP contribution in [0.4, 0.5) is 0 Å². The van der Waals surface area contributed by atoms with Gasteiger partial charge in [0, 0.05) is 37.8 Å². The molecule has 2 amide bonds. The number of carbonyl (C=O) groups excluding carboxylic acids is 2. The van der Waals surface area contributed by atoms with Crippen molar-refractivity contribution in [3.8, 4) is 11.1 Å². The number of piperidine rings is 1. The second-order valence-electron chi connectivity index (χ2n) is 8.11. The average Bonchev–Trinajstić information content (AvgIpc) is 3.35. The van der Waals surface area contributed by atoms with Crippen LogP contribution in [0.1, 0.15) is 35.2 Å². The number of aryl methyl sites for hydroxylation is 1. The van der Waals surface area contributed by atoms with Gasteiger partial charge >= 0.3 is 0 Å². The first kappa shape index (κ1) is 20.8. The molecule has 1 atom stereocenters. The molecule has 1 unspecified atom stereocenters. The molecule has 1 aromatic heterocycles. The first-order valence-corrected chi connectivity index (χ1v) is 10.9. The zero-order chi connectivity index (χ0) is 21.5. The Balaban J connectivity index is 1.25. The molecule has 4 rings (SSSR count). The number of likely N-dealkylation sites (tertiary alicyclic amines) is 1. The fourth-order valence-electron chi connectivity index (χ4n) is 4.07. The predicted octanol–water partition coefficient (Wildman–Crippen LogP) is 3.68. The molecule has 0 bridgehead atoms. The standard InChI is InChI=1S/C25H28N4O2/c30-24(13-8-19-16-27-28-17-19)29-14-4-5-20(18-29)15-26-25(31)23-11-9-22(10-12-23)21-6-2-1-3-7-21/h1-3,6-7,9-12,16-17,20H,4-5,8,13-15,18H2,(H,26,31)(H,27,28). The van der Waals surface area contributed by atoms with E-state index in [2.05, 4.69) is 27.6 Å². The van der Waals surface area contributed by atoms with E-state index >= 15 is 0 Å². The number of aromatic nitrogens is 2. The lowest BCUT2D eigenvalue weighted by molar-refractivity contribution is -0.132. The highest BCUT2D eigenvalue weighted by Gasteiger charge is 2.24. The topological polar surface area (TPSA) is 78.1 Å². The van der Waals surface area contributed by atoms with Crippen molar-refractivity contribution in [1.29, 1.82) is 0 Å². The second kappa shape index (κ2) is 10.1. The molecule has 2 aromatic carbocycles. The Labute approximate surface area is 182 Å². The van der Waals surface area contributed by atoms with Gasteiger partial charge in [-0.15, -0.1) is 0 Å². The Bertz CT molecular complexity index is 984. The van der Waals surface area contributed by atoms with Crippen LogP contribution in [0.2, 0.25) is 0 Å². The average molecular weight is 417 g/mol. The Morgan fingerprint density at radius 2 is 1.84 bits per heavy atom. The number of rotatable bonds is 7. The quantitative estimate of drug-likeness (QED) is 0.617. The largest absolute Gasteiger partial charge is 0.352 e. The number of amides is 2. The smallest absolute Gasteiger partial charge is 0.251 e. The lowest BCUT2D eigenvalue weighted by Crippen LogP contribution is -2.43. The van der Waals surface area contributed by atoms with Gasteiger partial charge in [-0.1, -0.05) is 42.5 Å². The summed E-state index contributed by atoms with van der Waals surface area (Å²) >= 11 is 0. The SMILES string of the molecule is O=C(NCC1CCCN(C(=O)CCc2cn[nH]c2)C1)c1ccc(-c2ccccc2)cc1. The number of H-pyrrole nitrogens is 1. The molecule has 2 heterocycles. The van der Waals surface area contributed by atoms with Gasteiger partial charge < -0.3 is 10.2 Å². The molecule has 0 spiro atoms. The van der Waals surface area contributed by atoms with Gasteiger partial charge in [-0.05, 0) is 54.0 Å². The second-order valence-corrected chi connectivity index (χ2v) is 8.11. The normalized spacial score (nSPS) is 16.1. The van der Waals surface area contributed by atoms with Gasteiger partial charge in [0.1, 0.15) is 0 Å². The van der Waals surface area contributed by atoms with Gasteiger partial charge in [-0.2, -0.15) is 5.10 Å². The highest BCUT2D eigenvalue weighted by atomic mass is 16.2. The molecular formula is C25H28N4O2. The zero-order valence-corrected chi connectivity index (χ0v) is 17.6. The maximum absolute atomic E-state index is 12.6. The monoisotopic (exact) mass is 416 g/mol. The summed E-state index contributed by atoms with van der Waals surface area (Å²) in [6.45, 7) is 2.10. The molecule has 1 aliphatic heterocycles. The van der Waals surface area contributed by atoms with Gasteiger partial charge in [0.15, 0.2) is 0 Å². The maximum atomic E-state index is 12.6. The lowest BCUT2D eigenvalue weighted by Gasteiger charge is -2.33. The number of aromatic amines is 1. The summed E-state index contributed by atoms with van der Waals surface area (Å²) in [6.07, 6.45) is 6.78. The van der Waals surface area contributed by atoms with Gasteiger partial charge in [0.05, 0.1) is 6.20 Å². The zero-order valence-electron chi connectivity index (χ0n) is 17.6. The highest BCUT2D eigenvalue weighted by Crippen LogP contribution is 2.20. The van der Waals surface area contributed by atoms with E-state index in [4.69, 9.17) is 0 Å². The minimum atomic E-state index is -0.0666. The van der Waals surface area contributed by atoms with Crippen LogP contribution in [0.5, 0.6) is 0 Å². The van der Waals surface area contributed by atoms with Crippen LogP contribution in [-0.4, -0.2) is 46.5 Å². The fourth-order valence-corrected chi connectivity index (χ4v) is 4.07. The van der Waals surface area contributed by atoms with E-state index in [1.54, 1.807) is 6.20 Å². The molecule has 0 saturated carbocycles. The van der Waals surface area contributed by atoms with E-state index in [-0.39, 0.29) is 11.8 Å². The number of carbonyl (C=O) groups is 2. The third kappa shape index (κ3) is 5.60. The van der Waals surface area contributed by atoms with Crippen LogP contribution in [0.3, 0.4) is 0 Å². The van der Waals surface area contributed by atoms with Crippen molar-refractivity contribution in [2.24, 2.45) is 5.92 Å². The summed E-state index contributed by atoms with van der Waals surface area (Å²) < 4.78 is 0. The van der Waals surface area contributed by atoms with Crippen molar-refractivity contribution in [2.45, 2.75) is 25.7 Å². The maximum Gasteiger partial charge on any atom is 0.251 e. The van der Waals surface area contributed by atoms with Crippen LogP contribution in [0.25, 0.3) is 11.1 Å². The van der Waals surface area contributed by atoms with Crippen molar-refractivity contribution >= 4 is 11.8 Å². The Morgan fingerprint density at radius 3 is 2.58 bits per heavy atom. The fraction of sp³-hybridized carbons (Fsp3) is 0.320. The molecule has 1 saturated heterocycles. The van der Waals surface area contributed by atoms with Crippen molar-refractivity contribution in [3.05, 3.63) is 78.1 Å². The Kier molecular flexibility index (Phi) is 6.77. The van der Waals surface area contributed by atoms with Crippen LogP contribution < -0.4 is 5.32 Å². The van der Waals surface area contributed by atoms with Crippen LogP contribution in [0.15, 0.2) is 67.0 Å². The molecule has 1 aliphatic rings. The van der Waals surface area contributed by atoms with E-state index in [0.717, 1.165) is 36.1 Å². The third-order valence-electron chi connectivity index (χ3n) is 5.86. The molecule has 3 aromatic rings. The van der Waals surface area contributed by atoms with Crippen molar-refractivity contribution < 1.29 is 9.59 Å². The molecule has 31 heavy (non-hydrogen) atoms. The third-order valence-corrected chi connectivity index (χ3v) is 5.86. The summed E-state index contributed by atoms with van der Waals surface area (Å²) in [5, 5.41) is 9.75. The molecule has 6 heteroatoms. The highest BCUT2D eigenvalue weighted by molar-refractivity contribution is 5.94. The van der Waals surface area contributed by atoms with Gasteiger partial charge in [0.25, 0.3) is 5.91 Å². The van der Waals surface area contributed by atoms with Gasteiger partial charge in [0.2, 0.25) is 5.91 Å². The van der Waals surface area contributed by atoms with Gasteiger partial charge in [-0.25, -0.2) is 0 Å². The number of nitrogens with one attached hydrogen (secondary N) is 2. The predicted molar refractivity (Wildman–Crippen MR) is 120 cm³/mol.